The minimum absolute atomic E-state index is 0.0311. The molecule has 3 amide bonds. The van der Waals surface area contributed by atoms with Gasteiger partial charge in [0.2, 0.25) is 0 Å². The van der Waals surface area contributed by atoms with E-state index in [1.807, 2.05) is 29.0 Å². The van der Waals surface area contributed by atoms with Gasteiger partial charge in [-0.05, 0) is 59.5 Å². The number of amides is 3. The first kappa shape index (κ1) is 21.2. The Bertz CT molecular complexity index is 1080. The molecular weight excluding hydrogens is 434 g/mol. The standard InChI is InChI=1S/C22H21N3O4S2/c26-17(18-5-2-10-30-18)13-23-20(27)21(28)24-15-7-8-16-14(12-15)4-1-9-25(16)22(29)19-6-3-11-31-19/h2-3,5-8,10-12,17,26H,1,4,9,13H2,(H,23,27)(H,24,28). The van der Waals surface area contributed by atoms with Gasteiger partial charge >= 0.3 is 11.8 Å². The smallest absolute Gasteiger partial charge is 0.313 e. The van der Waals surface area contributed by atoms with E-state index in [1.54, 1.807) is 29.2 Å². The molecule has 1 aliphatic rings. The second-order valence-corrected chi connectivity index (χ2v) is 9.00. The quantitative estimate of drug-likeness (QED) is 0.515. The Morgan fingerprint density at radius 3 is 2.61 bits per heavy atom. The number of hydrogen-bond acceptors (Lipinski definition) is 6. The molecule has 0 saturated carbocycles. The van der Waals surface area contributed by atoms with Crippen molar-refractivity contribution >= 4 is 51.8 Å². The fraction of sp³-hybridized carbons (Fsp3) is 0.227. The van der Waals surface area contributed by atoms with E-state index < -0.39 is 17.9 Å². The highest BCUT2D eigenvalue weighted by atomic mass is 32.1. The largest absolute Gasteiger partial charge is 0.386 e. The van der Waals surface area contributed by atoms with Crippen LogP contribution < -0.4 is 15.5 Å². The number of aliphatic hydroxyl groups is 1. The third-order valence-corrected chi connectivity index (χ3v) is 6.80. The van der Waals surface area contributed by atoms with Crippen molar-refractivity contribution in [1.29, 1.82) is 0 Å². The van der Waals surface area contributed by atoms with Crippen LogP contribution in [0.15, 0.2) is 53.2 Å². The zero-order valence-corrected chi connectivity index (χ0v) is 18.2. The second kappa shape index (κ2) is 9.42. The van der Waals surface area contributed by atoms with Crippen molar-refractivity contribution in [2.45, 2.75) is 18.9 Å². The molecule has 1 aromatic carbocycles. The zero-order chi connectivity index (χ0) is 21.8. The molecule has 0 spiro atoms. The summed E-state index contributed by atoms with van der Waals surface area (Å²) in [5.74, 6) is -1.65. The summed E-state index contributed by atoms with van der Waals surface area (Å²) in [6, 6.07) is 12.5. The monoisotopic (exact) mass is 455 g/mol. The van der Waals surface area contributed by atoms with Crippen LogP contribution in [0, 0.1) is 0 Å². The fourth-order valence-corrected chi connectivity index (χ4v) is 4.84. The van der Waals surface area contributed by atoms with Crippen LogP contribution in [0.5, 0.6) is 0 Å². The topological polar surface area (TPSA) is 98.7 Å². The van der Waals surface area contributed by atoms with Crippen LogP contribution in [-0.2, 0) is 16.0 Å². The number of thiophene rings is 2. The van der Waals surface area contributed by atoms with Crippen molar-refractivity contribution in [3.8, 4) is 0 Å². The minimum atomic E-state index is -0.854. The van der Waals surface area contributed by atoms with Gasteiger partial charge in [-0.15, -0.1) is 22.7 Å². The van der Waals surface area contributed by atoms with Gasteiger partial charge in [-0.25, -0.2) is 0 Å². The number of carbonyl (C=O) groups excluding carboxylic acids is 3. The number of benzene rings is 1. The third kappa shape index (κ3) is 4.84. The number of nitrogens with zero attached hydrogens (tertiary/aromatic N) is 1. The highest BCUT2D eigenvalue weighted by Crippen LogP contribution is 2.31. The van der Waals surface area contributed by atoms with Gasteiger partial charge in [0.1, 0.15) is 6.10 Å². The lowest BCUT2D eigenvalue weighted by molar-refractivity contribution is -0.136. The molecule has 4 rings (SSSR count). The van der Waals surface area contributed by atoms with Crippen LogP contribution >= 0.6 is 22.7 Å². The Hall–Kier alpha value is -3.01. The van der Waals surface area contributed by atoms with Crippen molar-refractivity contribution < 1.29 is 19.5 Å². The van der Waals surface area contributed by atoms with Crippen LogP contribution in [0.1, 0.15) is 32.6 Å². The van der Waals surface area contributed by atoms with Crippen LogP contribution in [-0.4, -0.2) is 35.9 Å². The van der Waals surface area contributed by atoms with Crippen molar-refractivity contribution in [3.63, 3.8) is 0 Å². The lowest BCUT2D eigenvalue weighted by Crippen LogP contribution is -2.37. The minimum Gasteiger partial charge on any atom is -0.386 e. The van der Waals surface area contributed by atoms with Crippen molar-refractivity contribution in [2.24, 2.45) is 0 Å². The summed E-state index contributed by atoms with van der Waals surface area (Å²) in [5, 5.41) is 18.8. The molecule has 9 heteroatoms. The summed E-state index contributed by atoms with van der Waals surface area (Å²) in [6.45, 7) is 0.598. The van der Waals surface area contributed by atoms with Crippen LogP contribution in [0.2, 0.25) is 0 Å². The maximum absolute atomic E-state index is 12.8. The molecule has 3 heterocycles. The number of aliphatic hydroxyl groups excluding tert-OH is 1. The SMILES string of the molecule is O=C(NCC(O)c1cccs1)C(=O)Nc1ccc2c(c1)CCCN2C(=O)c1cccs1. The molecule has 0 aliphatic carbocycles. The molecule has 2 aromatic heterocycles. The summed E-state index contributed by atoms with van der Waals surface area (Å²) in [5.41, 5.74) is 2.26. The Labute approximate surface area is 187 Å². The van der Waals surface area contributed by atoms with Gasteiger partial charge < -0.3 is 20.6 Å². The number of hydrogen-bond donors (Lipinski definition) is 3. The van der Waals surface area contributed by atoms with Crippen LogP contribution in [0.3, 0.4) is 0 Å². The highest BCUT2D eigenvalue weighted by Gasteiger charge is 2.25. The first-order valence-electron chi connectivity index (χ1n) is 9.82. The molecule has 1 unspecified atom stereocenters. The summed E-state index contributed by atoms with van der Waals surface area (Å²) >= 11 is 2.79. The third-order valence-electron chi connectivity index (χ3n) is 4.97. The van der Waals surface area contributed by atoms with E-state index in [2.05, 4.69) is 10.6 Å². The van der Waals surface area contributed by atoms with E-state index in [4.69, 9.17) is 0 Å². The average molecular weight is 456 g/mol. The van der Waals surface area contributed by atoms with E-state index in [1.165, 1.54) is 22.7 Å². The second-order valence-electron chi connectivity index (χ2n) is 7.08. The van der Waals surface area contributed by atoms with E-state index >= 15 is 0 Å². The Morgan fingerprint density at radius 1 is 1.06 bits per heavy atom. The summed E-state index contributed by atoms with van der Waals surface area (Å²) in [6.07, 6.45) is 0.752. The first-order chi connectivity index (χ1) is 15.0. The fourth-order valence-electron chi connectivity index (χ4n) is 3.46. The van der Waals surface area contributed by atoms with E-state index in [0.717, 1.165) is 29.0 Å². The molecule has 31 heavy (non-hydrogen) atoms. The summed E-state index contributed by atoms with van der Waals surface area (Å²) in [7, 11) is 0. The molecule has 0 fully saturated rings. The van der Waals surface area contributed by atoms with Crippen LogP contribution in [0.4, 0.5) is 11.4 Å². The molecule has 0 radical (unpaired) electrons. The Kier molecular flexibility index (Phi) is 6.45. The molecule has 7 nitrogen and oxygen atoms in total. The van der Waals surface area contributed by atoms with Gasteiger partial charge in [-0.2, -0.15) is 0 Å². The predicted octanol–water partition coefficient (Wildman–Crippen LogP) is 3.19. The molecule has 3 aromatic rings. The number of aryl methyl sites for hydroxylation is 1. The number of nitrogens with one attached hydrogen (secondary N) is 2. The van der Waals surface area contributed by atoms with E-state index in [9.17, 15) is 19.5 Å². The lowest BCUT2D eigenvalue weighted by Gasteiger charge is -2.29. The maximum atomic E-state index is 12.8. The normalized spacial score (nSPS) is 13.9. The number of rotatable bonds is 5. The number of carbonyl (C=O) groups is 3. The number of anilines is 2. The van der Waals surface area contributed by atoms with Gasteiger partial charge in [-0.3, -0.25) is 14.4 Å². The van der Waals surface area contributed by atoms with Crippen molar-refractivity contribution in [3.05, 3.63) is 68.5 Å². The Morgan fingerprint density at radius 2 is 1.87 bits per heavy atom. The molecule has 0 bridgehead atoms. The molecular formula is C22H21N3O4S2. The molecule has 0 saturated heterocycles. The van der Waals surface area contributed by atoms with Crippen molar-refractivity contribution in [1.82, 2.24) is 5.32 Å². The summed E-state index contributed by atoms with van der Waals surface area (Å²) < 4.78 is 0. The molecule has 160 valence electrons. The Balaban J connectivity index is 1.39. The molecule has 1 aliphatic heterocycles. The van der Waals surface area contributed by atoms with Gasteiger partial charge in [0.15, 0.2) is 0 Å². The lowest BCUT2D eigenvalue weighted by atomic mass is 10.0. The highest BCUT2D eigenvalue weighted by molar-refractivity contribution is 7.12. The maximum Gasteiger partial charge on any atom is 0.313 e. The first-order valence-corrected chi connectivity index (χ1v) is 11.6. The summed E-state index contributed by atoms with van der Waals surface area (Å²) in [4.78, 5) is 40.3. The number of fused-ring (bicyclic) bond motifs is 1. The zero-order valence-electron chi connectivity index (χ0n) is 16.5. The van der Waals surface area contributed by atoms with Gasteiger partial charge in [0, 0.05) is 29.3 Å². The van der Waals surface area contributed by atoms with Crippen LogP contribution in [0.25, 0.3) is 0 Å². The van der Waals surface area contributed by atoms with E-state index in [0.29, 0.717) is 17.1 Å². The predicted molar refractivity (Wildman–Crippen MR) is 122 cm³/mol. The van der Waals surface area contributed by atoms with E-state index in [-0.39, 0.29) is 12.5 Å². The molecule has 1 atom stereocenters. The van der Waals surface area contributed by atoms with Crippen molar-refractivity contribution in [2.75, 3.05) is 23.3 Å². The van der Waals surface area contributed by atoms with Gasteiger partial charge in [-0.1, -0.05) is 12.1 Å². The molecule has 3 N–H and O–H groups in total. The van der Waals surface area contributed by atoms with Gasteiger partial charge in [0.05, 0.1) is 4.88 Å². The van der Waals surface area contributed by atoms with Gasteiger partial charge in [0.25, 0.3) is 5.91 Å². The average Bonchev–Trinajstić information content (AvgIpc) is 3.50.